The molecule has 106 valence electrons. The molecule has 0 radical (unpaired) electrons. The molecule has 0 amide bonds. The van der Waals surface area contributed by atoms with Crippen LogP contribution in [0.1, 0.15) is 31.1 Å². The van der Waals surface area contributed by atoms with E-state index in [1.807, 2.05) is 7.05 Å². The first kappa shape index (κ1) is 13.5. The Morgan fingerprint density at radius 1 is 1.40 bits per heavy atom. The van der Waals surface area contributed by atoms with Gasteiger partial charge in [-0.2, -0.15) is 4.98 Å². The molecule has 1 aromatic heterocycles. The van der Waals surface area contributed by atoms with Gasteiger partial charge in [0.2, 0.25) is 11.7 Å². The van der Waals surface area contributed by atoms with Gasteiger partial charge in [-0.3, -0.25) is 0 Å². The average Bonchev–Trinajstić information content (AvgIpc) is 3.09. The predicted octanol–water partition coefficient (Wildman–Crippen LogP) is 3.38. The maximum absolute atomic E-state index is 13.2. The Kier molecular flexibility index (Phi) is 3.72. The molecule has 0 spiro atoms. The first-order valence-electron chi connectivity index (χ1n) is 6.65. The van der Waals surface area contributed by atoms with Gasteiger partial charge < -0.3 is 9.84 Å². The number of rotatable bonds is 3. The third-order valence-corrected chi connectivity index (χ3v) is 4.11. The lowest BCUT2D eigenvalue weighted by molar-refractivity contribution is 0.335. The maximum Gasteiger partial charge on any atom is 0.231 e. The van der Waals surface area contributed by atoms with Crippen LogP contribution in [0.5, 0.6) is 0 Å². The highest BCUT2D eigenvalue weighted by atomic mass is 35.5. The average molecular weight is 296 g/mol. The van der Waals surface area contributed by atoms with Gasteiger partial charge in [-0.1, -0.05) is 23.2 Å². The fourth-order valence-electron chi connectivity index (χ4n) is 2.74. The number of benzene rings is 1. The summed E-state index contributed by atoms with van der Waals surface area (Å²) in [5, 5.41) is 7.31. The molecule has 1 aromatic carbocycles. The van der Waals surface area contributed by atoms with Crippen LogP contribution in [0, 0.1) is 5.82 Å². The Bertz CT molecular complexity index is 616. The Balaban J connectivity index is 1.88. The lowest BCUT2D eigenvalue weighted by Gasteiger charge is -2.14. The van der Waals surface area contributed by atoms with E-state index in [2.05, 4.69) is 15.5 Å². The van der Waals surface area contributed by atoms with Gasteiger partial charge in [-0.15, -0.1) is 0 Å². The smallest absolute Gasteiger partial charge is 0.231 e. The number of aromatic nitrogens is 2. The highest BCUT2D eigenvalue weighted by Crippen LogP contribution is 2.34. The molecule has 1 saturated carbocycles. The maximum atomic E-state index is 13.2. The molecule has 0 bridgehead atoms. The quantitative estimate of drug-likeness (QED) is 0.943. The first-order valence-corrected chi connectivity index (χ1v) is 7.03. The summed E-state index contributed by atoms with van der Waals surface area (Å²) >= 11 is 5.77. The van der Waals surface area contributed by atoms with E-state index in [1.54, 1.807) is 6.07 Å². The zero-order valence-corrected chi connectivity index (χ0v) is 11.8. The molecule has 2 atom stereocenters. The second-order valence-corrected chi connectivity index (χ2v) is 5.42. The minimum absolute atomic E-state index is 0.0582. The Hall–Kier alpha value is -1.46. The van der Waals surface area contributed by atoms with Crippen molar-refractivity contribution in [1.82, 2.24) is 15.5 Å². The van der Waals surface area contributed by atoms with Crippen LogP contribution in [0.25, 0.3) is 11.4 Å². The summed E-state index contributed by atoms with van der Waals surface area (Å²) in [6.07, 6.45) is 3.30. The van der Waals surface area contributed by atoms with Gasteiger partial charge in [-0.05, 0) is 38.1 Å². The van der Waals surface area contributed by atoms with Crippen molar-refractivity contribution in [2.24, 2.45) is 0 Å². The van der Waals surface area contributed by atoms with E-state index in [9.17, 15) is 4.39 Å². The van der Waals surface area contributed by atoms with E-state index in [-0.39, 0.29) is 10.9 Å². The summed E-state index contributed by atoms with van der Waals surface area (Å²) < 4.78 is 18.5. The Labute approximate surface area is 121 Å². The summed E-state index contributed by atoms with van der Waals surface area (Å²) in [6.45, 7) is 0. The van der Waals surface area contributed by atoms with Crippen LogP contribution >= 0.6 is 11.6 Å². The van der Waals surface area contributed by atoms with Gasteiger partial charge >= 0.3 is 0 Å². The lowest BCUT2D eigenvalue weighted by Crippen LogP contribution is -2.27. The fourth-order valence-corrected chi connectivity index (χ4v) is 2.92. The van der Waals surface area contributed by atoms with Gasteiger partial charge in [0.05, 0.1) is 10.9 Å². The monoisotopic (exact) mass is 295 g/mol. The van der Waals surface area contributed by atoms with E-state index in [0.29, 0.717) is 23.3 Å². The molecule has 2 unspecified atom stereocenters. The van der Waals surface area contributed by atoms with Crippen molar-refractivity contribution in [3.8, 4) is 11.4 Å². The SMILES string of the molecule is CNC1CCCC1c1nc(-c2ccc(F)c(Cl)c2)no1. The highest BCUT2D eigenvalue weighted by molar-refractivity contribution is 6.31. The standard InChI is InChI=1S/C14H15ClFN3O/c1-17-12-4-2-3-9(12)14-18-13(19-20-14)8-5-6-11(16)10(15)7-8/h5-7,9,12,17H,2-4H2,1H3. The van der Waals surface area contributed by atoms with Crippen molar-refractivity contribution in [3.63, 3.8) is 0 Å². The highest BCUT2D eigenvalue weighted by Gasteiger charge is 2.31. The molecule has 1 aliphatic carbocycles. The number of likely N-dealkylation sites (N-methyl/N-ethyl adjacent to an activating group) is 1. The molecule has 1 aliphatic rings. The van der Waals surface area contributed by atoms with Crippen LogP contribution in [0.3, 0.4) is 0 Å². The van der Waals surface area contributed by atoms with Crippen LogP contribution in [-0.2, 0) is 0 Å². The van der Waals surface area contributed by atoms with Crippen molar-refractivity contribution in [1.29, 1.82) is 0 Å². The second kappa shape index (κ2) is 5.50. The van der Waals surface area contributed by atoms with Gasteiger partial charge in [0.15, 0.2) is 0 Å². The Morgan fingerprint density at radius 3 is 3.00 bits per heavy atom. The molecule has 1 heterocycles. The number of hydrogen-bond donors (Lipinski definition) is 1. The van der Waals surface area contributed by atoms with E-state index in [4.69, 9.17) is 16.1 Å². The van der Waals surface area contributed by atoms with Crippen LogP contribution in [0.2, 0.25) is 5.02 Å². The topological polar surface area (TPSA) is 51.0 Å². The van der Waals surface area contributed by atoms with Crippen LogP contribution in [-0.4, -0.2) is 23.2 Å². The van der Waals surface area contributed by atoms with E-state index >= 15 is 0 Å². The van der Waals surface area contributed by atoms with Gasteiger partial charge in [0, 0.05) is 11.6 Å². The normalized spacial score (nSPS) is 22.4. The molecule has 0 aliphatic heterocycles. The number of nitrogens with one attached hydrogen (secondary N) is 1. The van der Waals surface area contributed by atoms with Gasteiger partial charge in [-0.25, -0.2) is 4.39 Å². The number of nitrogens with zero attached hydrogens (tertiary/aromatic N) is 2. The zero-order chi connectivity index (χ0) is 14.1. The third kappa shape index (κ3) is 2.43. The van der Waals surface area contributed by atoms with Gasteiger partial charge in [0.1, 0.15) is 5.82 Å². The second-order valence-electron chi connectivity index (χ2n) is 5.02. The number of halogens is 2. The molecule has 0 saturated heterocycles. The van der Waals surface area contributed by atoms with Crippen molar-refractivity contribution in [2.45, 2.75) is 31.2 Å². The van der Waals surface area contributed by atoms with Crippen molar-refractivity contribution in [3.05, 3.63) is 34.9 Å². The van der Waals surface area contributed by atoms with E-state index in [0.717, 1.165) is 19.3 Å². The van der Waals surface area contributed by atoms with Crippen molar-refractivity contribution in [2.75, 3.05) is 7.05 Å². The lowest BCUT2D eigenvalue weighted by atomic mass is 10.0. The predicted molar refractivity (Wildman–Crippen MR) is 74.1 cm³/mol. The Morgan fingerprint density at radius 2 is 2.25 bits per heavy atom. The molecule has 20 heavy (non-hydrogen) atoms. The van der Waals surface area contributed by atoms with Crippen LogP contribution < -0.4 is 5.32 Å². The molecule has 1 fully saturated rings. The van der Waals surface area contributed by atoms with E-state index < -0.39 is 5.82 Å². The molecular weight excluding hydrogens is 281 g/mol. The van der Waals surface area contributed by atoms with Crippen LogP contribution in [0.4, 0.5) is 4.39 Å². The summed E-state index contributed by atoms with van der Waals surface area (Å²) in [6, 6.07) is 4.79. The molecular formula is C14H15ClFN3O. The van der Waals surface area contributed by atoms with Crippen LogP contribution in [0.15, 0.2) is 22.7 Å². The van der Waals surface area contributed by atoms with Gasteiger partial charge in [0.25, 0.3) is 0 Å². The largest absolute Gasteiger partial charge is 0.339 e. The number of hydrogen-bond acceptors (Lipinski definition) is 4. The summed E-state index contributed by atoms with van der Waals surface area (Å²) in [7, 11) is 1.94. The van der Waals surface area contributed by atoms with Crippen molar-refractivity contribution < 1.29 is 8.91 Å². The molecule has 3 rings (SSSR count). The summed E-state index contributed by atoms with van der Waals surface area (Å²) in [4.78, 5) is 4.43. The molecule has 1 N–H and O–H groups in total. The summed E-state index contributed by atoms with van der Waals surface area (Å²) in [5.41, 5.74) is 0.658. The molecule has 4 nitrogen and oxygen atoms in total. The fraction of sp³-hybridized carbons (Fsp3) is 0.429. The first-order chi connectivity index (χ1) is 9.69. The third-order valence-electron chi connectivity index (χ3n) is 3.82. The molecule has 2 aromatic rings. The zero-order valence-electron chi connectivity index (χ0n) is 11.1. The van der Waals surface area contributed by atoms with E-state index in [1.165, 1.54) is 12.1 Å². The molecule has 6 heteroatoms. The summed E-state index contributed by atoms with van der Waals surface area (Å²) in [5.74, 6) is 0.878. The minimum atomic E-state index is -0.454. The van der Waals surface area contributed by atoms with Crippen molar-refractivity contribution >= 4 is 11.6 Å². The minimum Gasteiger partial charge on any atom is -0.339 e.